The highest BCUT2D eigenvalue weighted by atomic mass is 35.5. The van der Waals surface area contributed by atoms with Crippen LogP contribution in [-0.4, -0.2) is 32.9 Å². The van der Waals surface area contributed by atoms with Gasteiger partial charge in [0.05, 0.1) is 6.54 Å². The lowest BCUT2D eigenvalue weighted by molar-refractivity contribution is 0.0633. The number of amides is 1. The highest BCUT2D eigenvalue weighted by Gasteiger charge is 2.27. The largest absolute Gasteiger partial charge is 0.336 e. The summed E-state index contributed by atoms with van der Waals surface area (Å²) >= 11 is 5.98. The lowest BCUT2D eigenvalue weighted by atomic mass is 10.0. The number of aromatic nitrogens is 2. The molecule has 1 atom stereocenters. The molecule has 0 aliphatic carbocycles. The topological polar surface area (TPSA) is 55.2 Å². The van der Waals surface area contributed by atoms with Crippen molar-refractivity contribution >= 4 is 28.5 Å². The molecule has 1 amide bonds. The second-order valence-corrected chi connectivity index (χ2v) is 7.77. The van der Waals surface area contributed by atoms with E-state index in [1.54, 1.807) is 29.0 Å². The minimum Gasteiger partial charge on any atom is -0.336 e. The Hall–Kier alpha value is -2.66. The summed E-state index contributed by atoms with van der Waals surface area (Å²) < 4.78 is 1.58. The molecule has 0 N–H and O–H groups in total. The van der Waals surface area contributed by atoms with E-state index in [1.165, 1.54) is 0 Å². The van der Waals surface area contributed by atoms with E-state index in [0.717, 1.165) is 30.2 Å². The minimum atomic E-state index is -0.302. The van der Waals surface area contributed by atoms with Gasteiger partial charge in [0.25, 0.3) is 11.5 Å². The number of carbonyl (C=O) groups is 1. The highest BCUT2D eigenvalue weighted by Crippen LogP contribution is 2.20. The summed E-state index contributed by atoms with van der Waals surface area (Å²) in [6, 6.07) is 12.9. The van der Waals surface area contributed by atoms with Crippen molar-refractivity contribution in [2.75, 3.05) is 6.54 Å². The lowest BCUT2D eigenvalue weighted by Crippen LogP contribution is -2.44. The number of halogens is 1. The molecule has 1 unspecified atom stereocenters. The van der Waals surface area contributed by atoms with Gasteiger partial charge in [-0.15, -0.1) is 0 Å². The molecule has 0 bridgehead atoms. The Morgan fingerprint density at radius 3 is 2.75 bits per heavy atom. The van der Waals surface area contributed by atoms with Gasteiger partial charge in [-0.05, 0) is 62.1 Å². The molecule has 144 valence electrons. The van der Waals surface area contributed by atoms with Gasteiger partial charge in [-0.3, -0.25) is 14.2 Å². The molecule has 6 heteroatoms. The molecule has 1 aliphatic rings. The maximum Gasteiger partial charge on any atom is 0.265 e. The third-order valence-corrected chi connectivity index (χ3v) is 5.65. The zero-order chi connectivity index (χ0) is 19.7. The van der Waals surface area contributed by atoms with Gasteiger partial charge in [0.2, 0.25) is 0 Å². The van der Waals surface area contributed by atoms with Crippen LogP contribution in [0.4, 0.5) is 0 Å². The van der Waals surface area contributed by atoms with Crippen molar-refractivity contribution in [2.45, 2.75) is 38.8 Å². The van der Waals surface area contributed by atoms with Crippen LogP contribution in [0.3, 0.4) is 0 Å². The fraction of sp³-hybridized carbons (Fsp3) is 0.318. The number of likely N-dealkylation sites (tertiary alicyclic amines) is 1. The second-order valence-electron chi connectivity index (χ2n) is 7.34. The predicted molar refractivity (Wildman–Crippen MR) is 111 cm³/mol. The summed E-state index contributed by atoms with van der Waals surface area (Å²) in [5.74, 6) is -0.187. The fourth-order valence-corrected chi connectivity index (χ4v) is 3.96. The summed E-state index contributed by atoms with van der Waals surface area (Å²) in [7, 11) is 0. The number of pyridine rings is 2. The van der Waals surface area contributed by atoms with Crippen molar-refractivity contribution in [1.29, 1.82) is 0 Å². The SMILES string of the molecule is CC1CCCCN1C(=O)c1cc2cccnc2n(Cc2ccc(Cl)cc2)c1=O. The number of hydrogen-bond acceptors (Lipinski definition) is 3. The first-order chi connectivity index (χ1) is 13.5. The second kappa shape index (κ2) is 7.76. The van der Waals surface area contributed by atoms with E-state index in [9.17, 15) is 9.59 Å². The van der Waals surface area contributed by atoms with Crippen LogP contribution in [0.25, 0.3) is 11.0 Å². The molecule has 0 saturated carbocycles. The van der Waals surface area contributed by atoms with Crippen LogP contribution in [-0.2, 0) is 6.54 Å². The standard InChI is InChI=1S/C22H22ClN3O2/c1-15-5-2-3-12-25(15)21(27)19-13-17-6-4-11-24-20(17)26(22(19)28)14-16-7-9-18(23)10-8-16/h4,6-11,13,15H,2-3,5,12,14H2,1H3. The first-order valence-corrected chi connectivity index (χ1v) is 9.96. The van der Waals surface area contributed by atoms with Gasteiger partial charge in [-0.25, -0.2) is 4.98 Å². The van der Waals surface area contributed by atoms with Gasteiger partial charge in [-0.2, -0.15) is 0 Å². The quantitative estimate of drug-likeness (QED) is 0.670. The molecular weight excluding hydrogens is 374 g/mol. The van der Waals surface area contributed by atoms with Gasteiger partial charge >= 0.3 is 0 Å². The Kier molecular flexibility index (Phi) is 5.18. The van der Waals surface area contributed by atoms with E-state index < -0.39 is 0 Å². The number of fused-ring (bicyclic) bond motifs is 1. The van der Waals surface area contributed by atoms with Gasteiger partial charge in [0.15, 0.2) is 0 Å². The van der Waals surface area contributed by atoms with Crippen LogP contribution >= 0.6 is 11.6 Å². The predicted octanol–water partition coefficient (Wildman–Crippen LogP) is 4.11. The molecule has 3 heterocycles. The summed E-state index contributed by atoms with van der Waals surface area (Å²) in [6.45, 7) is 3.08. The first kappa shape index (κ1) is 18.7. The third-order valence-electron chi connectivity index (χ3n) is 5.40. The molecule has 3 aromatic rings. The average Bonchev–Trinajstić information content (AvgIpc) is 2.71. The molecule has 28 heavy (non-hydrogen) atoms. The van der Waals surface area contributed by atoms with Gasteiger partial charge < -0.3 is 4.90 Å². The summed E-state index contributed by atoms with van der Waals surface area (Å²) in [5, 5.41) is 1.42. The summed E-state index contributed by atoms with van der Waals surface area (Å²) in [5.41, 5.74) is 1.41. The van der Waals surface area contributed by atoms with Crippen LogP contribution in [0.15, 0.2) is 53.5 Å². The zero-order valence-electron chi connectivity index (χ0n) is 15.8. The van der Waals surface area contributed by atoms with E-state index in [0.29, 0.717) is 23.8 Å². The Balaban J connectivity index is 1.82. The molecule has 2 aromatic heterocycles. The Morgan fingerprint density at radius 1 is 1.21 bits per heavy atom. The van der Waals surface area contributed by atoms with E-state index >= 15 is 0 Å². The van der Waals surface area contributed by atoms with Crippen LogP contribution in [0.1, 0.15) is 42.1 Å². The van der Waals surface area contributed by atoms with Crippen molar-refractivity contribution in [3.8, 4) is 0 Å². The van der Waals surface area contributed by atoms with Crippen molar-refractivity contribution in [2.24, 2.45) is 0 Å². The van der Waals surface area contributed by atoms with Gasteiger partial charge in [0.1, 0.15) is 11.2 Å². The summed E-state index contributed by atoms with van der Waals surface area (Å²) in [6.07, 6.45) is 4.73. The van der Waals surface area contributed by atoms with Crippen molar-refractivity contribution < 1.29 is 4.79 Å². The molecule has 1 aliphatic heterocycles. The average molecular weight is 396 g/mol. The molecule has 1 aromatic carbocycles. The normalized spacial score (nSPS) is 17.1. The molecule has 1 saturated heterocycles. The lowest BCUT2D eigenvalue weighted by Gasteiger charge is -2.33. The number of rotatable bonds is 3. The van der Waals surface area contributed by atoms with Gasteiger partial charge in [0, 0.05) is 29.2 Å². The fourth-order valence-electron chi connectivity index (χ4n) is 3.83. The maximum absolute atomic E-state index is 13.3. The number of carbonyl (C=O) groups excluding carboxylic acids is 1. The third kappa shape index (κ3) is 3.54. The first-order valence-electron chi connectivity index (χ1n) is 9.58. The van der Waals surface area contributed by atoms with Crippen LogP contribution < -0.4 is 5.56 Å². The van der Waals surface area contributed by atoms with Gasteiger partial charge in [-0.1, -0.05) is 23.7 Å². The van der Waals surface area contributed by atoms with E-state index in [-0.39, 0.29) is 23.1 Å². The molecule has 0 radical (unpaired) electrons. The molecule has 5 nitrogen and oxygen atoms in total. The monoisotopic (exact) mass is 395 g/mol. The van der Waals surface area contributed by atoms with E-state index in [1.807, 2.05) is 36.1 Å². The molecule has 4 rings (SSSR count). The Morgan fingerprint density at radius 2 is 2.00 bits per heavy atom. The van der Waals surface area contributed by atoms with Crippen LogP contribution in [0, 0.1) is 0 Å². The molecular formula is C22H22ClN3O2. The molecule has 0 spiro atoms. The highest BCUT2D eigenvalue weighted by molar-refractivity contribution is 6.30. The number of hydrogen-bond donors (Lipinski definition) is 0. The van der Waals surface area contributed by atoms with E-state index in [4.69, 9.17) is 11.6 Å². The van der Waals surface area contributed by atoms with Crippen LogP contribution in [0.5, 0.6) is 0 Å². The van der Waals surface area contributed by atoms with Crippen molar-refractivity contribution in [3.63, 3.8) is 0 Å². The van der Waals surface area contributed by atoms with Crippen molar-refractivity contribution in [1.82, 2.24) is 14.5 Å². The van der Waals surface area contributed by atoms with Crippen molar-refractivity contribution in [3.05, 3.63) is 75.2 Å². The smallest absolute Gasteiger partial charge is 0.265 e. The maximum atomic E-state index is 13.3. The number of benzene rings is 1. The summed E-state index contributed by atoms with van der Waals surface area (Å²) in [4.78, 5) is 32.7. The van der Waals surface area contributed by atoms with E-state index in [2.05, 4.69) is 4.98 Å². The zero-order valence-corrected chi connectivity index (χ0v) is 16.5. The number of nitrogens with zero attached hydrogens (tertiary/aromatic N) is 3. The number of piperidine rings is 1. The minimum absolute atomic E-state index is 0.148. The Labute approximate surface area is 168 Å². The Bertz CT molecular complexity index is 1080. The van der Waals surface area contributed by atoms with Crippen LogP contribution in [0.2, 0.25) is 5.02 Å². The molecule has 1 fully saturated rings.